The smallest absolute Gasteiger partial charge is 0.266 e. The molecule has 0 bridgehead atoms. The molecule has 22 heavy (non-hydrogen) atoms. The van der Waals surface area contributed by atoms with E-state index in [9.17, 15) is 9.18 Å². The highest BCUT2D eigenvalue weighted by Crippen LogP contribution is 2.27. The normalized spacial score (nSPS) is 10.9. The van der Waals surface area contributed by atoms with E-state index in [2.05, 4.69) is 5.32 Å². The first-order chi connectivity index (χ1) is 10.5. The molecule has 0 aliphatic rings. The van der Waals surface area contributed by atoms with Crippen molar-refractivity contribution in [3.8, 4) is 6.07 Å². The van der Waals surface area contributed by atoms with E-state index in [1.165, 1.54) is 24.3 Å². The molecule has 2 aromatic rings. The first-order valence-electron chi connectivity index (χ1n) is 6.14. The van der Waals surface area contributed by atoms with Gasteiger partial charge in [-0.2, -0.15) is 5.26 Å². The molecule has 2 aromatic carbocycles. The summed E-state index contributed by atoms with van der Waals surface area (Å²) in [6.45, 7) is 0. The molecule has 2 rings (SSSR count). The van der Waals surface area contributed by atoms with Crippen molar-refractivity contribution in [1.29, 1.82) is 5.26 Å². The molecule has 0 atom stereocenters. The van der Waals surface area contributed by atoms with E-state index < -0.39 is 11.7 Å². The second kappa shape index (κ2) is 7.08. The molecule has 110 valence electrons. The maximum absolute atomic E-state index is 13.5. The van der Waals surface area contributed by atoms with Crippen LogP contribution in [0.5, 0.6) is 0 Å². The van der Waals surface area contributed by atoms with Crippen molar-refractivity contribution in [1.82, 2.24) is 0 Å². The highest BCUT2D eigenvalue weighted by molar-refractivity contribution is 6.37. The average molecular weight is 335 g/mol. The zero-order valence-corrected chi connectivity index (χ0v) is 12.6. The van der Waals surface area contributed by atoms with Gasteiger partial charge in [0, 0.05) is 15.6 Å². The molecule has 3 nitrogen and oxygen atoms in total. The molecule has 1 N–H and O–H groups in total. The van der Waals surface area contributed by atoms with Gasteiger partial charge in [-0.15, -0.1) is 0 Å². The molecule has 0 aliphatic heterocycles. The zero-order valence-electron chi connectivity index (χ0n) is 11.1. The van der Waals surface area contributed by atoms with Crippen molar-refractivity contribution in [3.63, 3.8) is 0 Å². The molecule has 0 radical (unpaired) electrons. The van der Waals surface area contributed by atoms with Crippen molar-refractivity contribution in [2.24, 2.45) is 0 Å². The number of nitriles is 1. The Morgan fingerprint density at radius 3 is 2.36 bits per heavy atom. The summed E-state index contributed by atoms with van der Waals surface area (Å²) in [5, 5.41) is 12.1. The van der Waals surface area contributed by atoms with Gasteiger partial charge in [-0.3, -0.25) is 4.79 Å². The van der Waals surface area contributed by atoms with Crippen molar-refractivity contribution in [2.75, 3.05) is 5.32 Å². The predicted octanol–water partition coefficient (Wildman–Crippen LogP) is 4.68. The average Bonchev–Trinajstić information content (AvgIpc) is 2.49. The van der Waals surface area contributed by atoms with E-state index in [0.29, 0.717) is 15.6 Å². The van der Waals surface area contributed by atoms with Gasteiger partial charge in [-0.25, -0.2) is 4.39 Å². The van der Waals surface area contributed by atoms with Crippen LogP contribution in [0.15, 0.2) is 48.0 Å². The highest BCUT2D eigenvalue weighted by atomic mass is 35.5. The first-order valence-corrected chi connectivity index (χ1v) is 6.90. The van der Waals surface area contributed by atoms with E-state index in [-0.39, 0.29) is 11.3 Å². The topological polar surface area (TPSA) is 52.9 Å². The number of carbonyl (C=O) groups excluding carboxylic acids is 1. The summed E-state index contributed by atoms with van der Waals surface area (Å²) in [7, 11) is 0. The fourth-order valence-corrected chi connectivity index (χ4v) is 2.20. The Labute approximate surface area is 136 Å². The minimum absolute atomic E-state index is 0.0149. The Morgan fingerprint density at radius 2 is 1.77 bits per heavy atom. The summed E-state index contributed by atoms with van der Waals surface area (Å²) in [4.78, 5) is 12.1. The van der Waals surface area contributed by atoms with E-state index >= 15 is 0 Å². The minimum atomic E-state index is -0.747. The second-order valence-electron chi connectivity index (χ2n) is 4.24. The molecule has 0 fully saturated rings. The third-order valence-corrected chi connectivity index (χ3v) is 3.43. The number of amides is 1. The summed E-state index contributed by atoms with van der Waals surface area (Å²) in [6, 6.07) is 12.2. The van der Waals surface area contributed by atoms with Crippen LogP contribution in [0.3, 0.4) is 0 Å². The van der Waals surface area contributed by atoms with Gasteiger partial charge in [0.2, 0.25) is 0 Å². The van der Waals surface area contributed by atoms with Crippen LogP contribution in [0.1, 0.15) is 5.56 Å². The maximum atomic E-state index is 13.5. The fraction of sp³-hybridized carbons (Fsp3) is 0. The lowest BCUT2D eigenvalue weighted by molar-refractivity contribution is -0.112. The number of nitrogens with one attached hydrogen (secondary N) is 1. The van der Waals surface area contributed by atoms with Crippen LogP contribution < -0.4 is 5.32 Å². The Morgan fingerprint density at radius 1 is 1.14 bits per heavy atom. The van der Waals surface area contributed by atoms with Crippen LogP contribution in [0.2, 0.25) is 10.0 Å². The van der Waals surface area contributed by atoms with Crippen molar-refractivity contribution < 1.29 is 9.18 Å². The largest absolute Gasteiger partial charge is 0.319 e. The Bertz CT molecular complexity index is 777. The summed E-state index contributed by atoms with van der Waals surface area (Å²) in [5.74, 6) is -1.34. The van der Waals surface area contributed by atoms with Crippen LogP contribution in [0.25, 0.3) is 6.08 Å². The van der Waals surface area contributed by atoms with Crippen molar-refractivity contribution in [2.45, 2.75) is 0 Å². The molecule has 0 unspecified atom stereocenters. The highest BCUT2D eigenvalue weighted by Gasteiger charge is 2.13. The molecule has 0 saturated heterocycles. The van der Waals surface area contributed by atoms with Gasteiger partial charge < -0.3 is 5.32 Å². The molecular formula is C16H9Cl2FN2O. The maximum Gasteiger partial charge on any atom is 0.266 e. The van der Waals surface area contributed by atoms with E-state index in [0.717, 1.165) is 0 Å². The quantitative estimate of drug-likeness (QED) is 0.654. The van der Waals surface area contributed by atoms with Crippen LogP contribution in [0, 0.1) is 17.1 Å². The fourth-order valence-electron chi connectivity index (χ4n) is 1.69. The monoisotopic (exact) mass is 334 g/mol. The summed E-state index contributed by atoms with van der Waals surface area (Å²) in [5.41, 5.74) is 0.100. The molecule has 0 spiro atoms. The van der Waals surface area contributed by atoms with Gasteiger partial charge in [0.25, 0.3) is 5.91 Å². The number of rotatable bonds is 3. The number of benzene rings is 2. The molecular weight excluding hydrogens is 326 g/mol. The molecule has 0 saturated carbocycles. The third kappa shape index (κ3) is 3.64. The number of hydrogen-bond donors (Lipinski definition) is 1. The van der Waals surface area contributed by atoms with Gasteiger partial charge in [0.05, 0.1) is 5.69 Å². The summed E-state index contributed by atoms with van der Waals surface area (Å²) >= 11 is 12.0. The predicted molar refractivity (Wildman–Crippen MR) is 85.1 cm³/mol. The van der Waals surface area contributed by atoms with Crippen LogP contribution in [-0.4, -0.2) is 5.91 Å². The van der Waals surface area contributed by atoms with Crippen molar-refractivity contribution >= 4 is 40.9 Å². The Kier molecular flexibility index (Phi) is 5.16. The van der Waals surface area contributed by atoms with E-state index in [1.807, 2.05) is 0 Å². The SMILES string of the molecule is N#C/C(=C\c1c(Cl)cccc1Cl)C(=O)Nc1ccccc1F. The van der Waals surface area contributed by atoms with Crippen molar-refractivity contribution in [3.05, 3.63) is 69.5 Å². The number of anilines is 1. The number of halogens is 3. The molecule has 6 heteroatoms. The standard InChI is InChI=1S/C16H9Cl2FN2O/c17-12-4-3-5-13(18)11(12)8-10(9-20)16(22)21-15-7-2-1-6-14(15)19/h1-8H,(H,21,22)/b10-8+. The number of carbonyl (C=O) groups is 1. The third-order valence-electron chi connectivity index (χ3n) is 2.78. The van der Waals surface area contributed by atoms with Crippen LogP contribution in [0.4, 0.5) is 10.1 Å². The summed E-state index contributed by atoms with van der Waals surface area (Å²) in [6.07, 6.45) is 1.26. The lowest BCUT2D eigenvalue weighted by Crippen LogP contribution is -2.14. The zero-order chi connectivity index (χ0) is 16.1. The van der Waals surface area contributed by atoms with Gasteiger partial charge in [-0.05, 0) is 30.3 Å². The van der Waals surface area contributed by atoms with Gasteiger partial charge in [0.1, 0.15) is 17.5 Å². The van der Waals surface area contributed by atoms with Crippen LogP contribution >= 0.6 is 23.2 Å². The molecule has 0 aliphatic carbocycles. The number of para-hydroxylation sites is 1. The first kappa shape index (κ1) is 16.0. The molecule has 1 amide bonds. The summed E-state index contributed by atoms with van der Waals surface area (Å²) < 4.78 is 13.5. The molecule has 0 aromatic heterocycles. The van der Waals surface area contributed by atoms with E-state index in [1.54, 1.807) is 30.3 Å². The number of nitrogens with zero attached hydrogens (tertiary/aromatic N) is 1. The minimum Gasteiger partial charge on any atom is -0.319 e. The van der Waals surface area contributed by atoms with Gasteiger partial charge in [0.15, 0.2) is 0 Å². The lowest BCUT2D eigenvalue weighted by atomic mass is 10.1. The Balaban J connectivity index is 2.33. The Hall–Kier alpha value is -2.35. The van der Waals surface area contributed by atoms with Gasteiger partial charge in [-0.1, -0.05) is 41.4 Å². The van der Waals surface area contributed by atoms with Gasteiger partial charge >= 0.3 is 0 Å². The number of hydrogen-bond acceptors (Lipinski definition) is 2. The van der Waals surface area contributed by atoms with E-state index in [4.69, 9.17) is 28.5 Å². The lowest BCUT2D eigenvalue weighted by Gasteiger charge is -2.06. The molecule has 0 heterocycles. The van der Waals surface area contributed by atoms with Crippen LogP contribution in [-0.2, 0) is 4.79 Å². The second-order valence-corrected chi connectivity index (χ2v) is 5.05.